The van der Waals surface area contributed by atoms with Crippen LogP contribution in [0.15, 0.2) is 30.3 Å². The van der Waals surface area contributed by atoms with Crippen LogP contribution in [0.2, 0.25) is 0 Å². The Labute approximate surface area is 245 Å². The fourth-order valence-electron chi connectivity index (χ4n) is 7.38. The summed E-state index contributed by atoms with van der Waals surface area (Å²) >= 11 is 0. The molecule has 222 valence electrons. The van der Waals surface area contributed by atoms with Crippen LogP contribution in [0, 0.1) is 31.4 Å². The van der Waals surface area contributed by atoms with E-state index in [4.69, 9.17) is 8.22 Å². The lowest BCUT2D eigenvalue weighted by molar-refractivity contribution is -0.229. The standard InChI is InChI=1S/C32H36F5NO3/c1-18-16-25-24(19(2)27(18)30(3,34)32(35,36)37)12-13-26-31(25,17-20-4-10-23(33)11-5-20)14-15-38(26)28(39)21-6-8-22(9-7-21)29(40)41/h4-5,10-11,16,21-22,26H,6-9,12-15,17H2,1-3H3,(H,40,41)/t21-,22-,26-,30?,31-/m1/s1/i1D3,2D3. The molecular weight excluding hydrogens is 541 g/mol. The number of carboxylic acid groups (broad SMARTS) is 1. The lowest BCUT2D eigenvalue weighted by atomic mass is 9.62. The van der Waals surface area contributed by atoms with Gasteiger partial charge in [0.15, 0.2) is 0 Å². The Morgan fingerprint density at radius 3 is 2.29 bits per heavy atom. The number of nitrogens with zero attached hydrogens (tertiary/aromatic N) is 1. The van der Waals surface area contributed by atoms with Gasteiger partial charge in [-0.15, -0.1) is 0 Å². The molecule has 41 heavy (non-hydrogen) atoms. The van der Waals surface area contributed by atoms with Crippen LogP contribution in [0.5, 0.6) is 0 Å². The molecule has 1 saturated heterocycles. The topological polar surface area (TPSA) is 57.6 Å². The molecule has 1 saturated carbocycles. The minimum atomic E-state index is -5.64. The molecule has 0 aromatic heterocycles. The number of alkyl halides is 4. The summed E-state index contributed by atoms with van der Waals surface area (Å²) < 4.78 is 122. The van der Waals surface area contributed by atoms with E-state index in [-0.39, 0.29) is 56.2 Å². The number of benzene rings is 2. The molecule has 0 radical (unpaired) electrons. The maximum Gasteiger partial charge on any atom is 0.426 e. The van der Waals surface area contributed by atoms with Crippen LogP contribution in [-0.2, 0) is 33.5 Å². The molecule has 0 bridgehead atoms. The summed E-state index contributed by atoms with van der Waals surface area (Å²) in [5.41, 5.74) is -8.34. The van der Waals surface area contributed by atoms with Crippen LogP contribution >= 0.6 is 0 Å². The van der Waals surface area contributed by atoms with E-state index in [1.54, 1.807) is 4.90 Å². The Bertz CT molecular complexity index is 1550. The molecule has 2 aliphatic carbocycles. The number of rotatable bonds is 5. The number of amides is 1. The Balaban J connectivity index is 1.73. The van der Waals surface area contributed by atoms with Gasteiger partial charge in [-0.2, -0.15) is 13.2 Å². The number of fused-ring (bicyclic) bond motifs is 3. The lowest BCUT2D eigenvalue weighted by Gasteiger charge is -2.46. The Hall–Kier alpha value is -2.97. The van der Waals surface area contributed by atoms with Gasteiger partial charge in [-0.3, -0.25) is 9.59 Å². The van der Waals surface area contributed by atoms with E-state index < -0.39 is 77.3 Å². The molecule has 1 heterocycles. The molecule has 4 nitrogen and oxygen atoms in total. The molecule has 2 aromatic rings. The van der Waals surface area contributed by atoms with Gasteiger partial charge in [-0.05, 0) is 112 Å². The first kappa shape index (κ1) is 22.6. The zero-order valence-corrected chi connectivity index (χ0v) is 22.6. The molecule has 3 atom stereocenters. The van der Waals surface area contributed by atoms with E-state index in [2.05, 4.69) is 0 Å². The second-order valence-electron chi connectivity index (χ2n) is 11.9. The zero-order chi connectivity index (χ0) is 34.9. The molecule has 1 amide bonds. The van der Waals surface area contributed by atoms with Gasteiger partial charge in [0.2, 0.25) is 11.6 Å². The number of halogens is 5. The summed E-state index contributed by atoms with van der Waals surface area (Å²) in [5.74, 6) is -2.70. The van der Waals surface area contributed by atoms with Gasteiger partial charge in [-0.25, -0.2) is 8.78 Å². The summed E-state index contributed by atoms with van der Waals surface area (Å²) in [4.78, 5) is 27.1. The largest absolute Gasteiger partial charge is 0.481 e. The van der Waals surface area contributed by atoms with Crippen LogP contribution in [0.1, 0.15) is 87.1 Å². The van der Waals surface area contributed by atoms with Crippen molar-refractivity contribution in [1.29, 1.82) is 0 Å². The highest BCUT2D eigenvalue weighted by Gasteiger charge is 2.57. The van der Waals surface area contributed by atoms with Crippen molar-refractivity contribution >= 4 is 11.9 Å². The van der Waals surface area contributed by atoms with Crippen molar-refractivity contribution in [2.75, 3.05) is 6.54 Å². The van der Waals surface area contributed by atoms with Crippen LogP contribution in [0.4, 0.5) is 22.0 Å². The number of hydrogen-bond acceptors (Lipinski definition) is 2. The van der Waals surface area contributed by atoms with Crippen LogP contribution in [0.25, 0.3) is 0 Å². The number of aliphatic carboxylic acids is 1. The number of likely N-dealkylation sites (tertiary alicyclic amines) is 1. The van der Waals surface area contributed by atoms with Gasteiger partial charge in [0.25, 0.3) is 0 Å². The third-order valence-electron chi connectivity index (χ3n) is 9.60. The summed E-state index contributed by atoms with van der Waals surface area (Å²) in [6.07, 6.45) is -4.08. The van der Waals surface area contributed by atoms with Crippen molar-refractivity contribution in [2.45, 2.75) is 95.3 Å². The van der Waals surface area contributed by atoms with E-state index in [0.29, 0.717) is 31.2 Å². The van der Waals surface area contributed by atoms with Gasteiger partial charge in [-0.1, -0.05) is 18.2 Å². The van der Waals surface area contributed by atoms with Crippen molar-refractivity contribution in [3.8, 4) is 0 Å². The van der Waals surface area contributed by atoms with E-state index in [9.17, 15) is 32.3 Å². The van der Waals surface area contributed by atoms with Crippen molar-refractivity contribution in [1.82, 2.24) is 4.90 Å². The number of carbonyl (C=O) groups excluding carboxylic acids is 1. The minimum Gasteiger partial charge on any atom is -0.481 e. The molecule has 5 rings (SSSR count). The second kappa shape index (κ2) is 10.4. The smallest absolute Gasteiger partial charge is 0.426 e. The van der Waals surface area contributed by atoms with Crippen LogP contribution < -0.4 is 0 Å². The van der Waals surface area contributed by atoms with Gasteiger partial charge in [0.1, 0.15) is 5.82 Å². The summed E-state index contributed by atoms with van der Waals surface area (Å²) in [5, 5.41) is 9.40. The normalized spacial score (nSPS) is 30.4. The van der Waals surface area contributed by atoms with Crippen molar-refractivity contribution in [2.24, 2.45) is 11.8 Å². The Kier molecular flexibility index (Phi) is 5.73. The SMILES string of the molecule is [2H]C([2H])([2H])c1cc2c(c(C([2H])([2H])[2H])c1C(C)(F)C(F)(F)F)CC[C@H]1N(C(=O)[C@H]3CC[C@H](C(=O)O)CC3)CC[C@@]21Cc1ccc(F)cc1. The quantitative estimate of drug-likeness (QED) is 0.382. The molecular formula is C32H36F5NO3. The predicted molar refractivity (Wildman–Crippen MR) is 144 cm³/mol. The van der Waals surface area contributed by atoms with Gasteiger partial charge >= 0.3 is 12.1 Å². The molecule has 9 heteroatoms. The molecule has 1 unspecified atom stereocenters. The second-order valence-corrected chi connectivity index (χ2v) is 11.9. The van der Waals surface area contributed by atoms with E-state index >= 15 is 4.39 Å². The molecule has 1 aliphatic heterocycles. The van der Waals surface area contributed by atoms with Crippen molar-refractivity contribution < 1.29 is 44.9 Å². The van der Waals surface area contributed by atoms with Gasteiger partial charge < -0.3 is 10.0 Å². The highest BCUT2D eigenvalue weighted by Crippen LogP contribution is 2.53. The third-order valence-corrected chi connectivity index (χ3v) is 9.60. The molecule has 2 aromatic carbocycles. The molecule has 2 fully saturated rings. The first-order valence-corrected chi connectivity index (χ1v) is 13.8. The number of hydrogen-bond donors (Lipinski definition) is 1. The maximum atomic E-state index is 15.9. The highest BCUT2D eigenvalue weighted by molar-refractivity contribution is 5.81. The maximum absolute atomic E-state index is 15.9. The van der Waals surface area contributed by atoms with Gasteiger partial charge in [0, 0.05) is 37.7 Å². The van der Waals surface area contributed by atoms with E-state index in [1.807, 2.05) is 0 Å². The average molecular weight is 584 g/mol. The Morgan fingerprint density at radius 2 is 1.71 bits per heavy atom. The first-order chi connectivity index (χ1) is 21.6. The minimum absolute atomic E-state index is 0.0763. The van der Waals surface area contributed by atoms with Crippen molar-refractivity contribution in [3.63, 3.8) is 0 Å². The zero-order valence-electron chi connectivity index (χ0n) is 28.6. The van der Waals surface area contributed by atoms with Gasteiger partial charge in [0.05, 0.1) is 5.92 Å². The fourth-order valence-corrected chi connectivity index (χ4v) is 7.38. The van der Waals surface area contributed by atoms with Crippen LogP contribution in [-0.4, -0.2) is 40.6 Å². The third kappa shape index (κ3) is 4.93. The lowest BCUT2D eigenvalue weighted by Crippen LogP contribution is -2.51. The number of carboxylic acids is 1. The number of carbonyl (C=O) groups is 2. The summed E-state index contributed by atoms with van der Waals surface area (Å²) in [6, 6.07) is 5.79. The first-order valence-electron chi connectivity index (χ1n) is 16.8. The molecule has 0 spiro atoms. The summed E-state index contributed by atoms with van der Waals surface area (Å²) in [7, 11) is 0. The van der Waals surface area contributed by atoms with E-state index in [0.717, 1.165) is 6.07 Å². The van der Waals surface area contributed by atoms with E-state index in [1.165, 1.54) is 24.3 Å². The molecule has 1 N–H and O–H groups in total. The average Bonchev–Trinajstić information content (AvgIpc) is 3.34. The highest BCUT2D eigenvalue weighted by atomic mass is 19.4. The predicted octanol–water partition coefficient (Wildman–Crippen LogP) is 7.11. The summed E-state index contributed by atoms with van der Waals surface area (Å²) in [6.45, 7) is -6.38. The number of aryl methyl sites for hydroxylation is 1. The molecule has 3 aliphatic rings. The Morgan fingerprint density at radius 1 is 1.05 bits per heavy atom. The van der Waals surface area contributed by atoms with Crippen molar-refractivity contribution in [3.05, 3.63) is 69.5 Å². The monoisotopic (exact) mass is 583 g/mol. The van der Waals surface area contributed by atoms with Crippen LogP contribution in [0.3, 0.4) is 0 Å². The fraction of sp³-hybridized carbons (Fsp3) is 0.562.